The molecule has 112 valence electrons. The molecule has 1 aromatic carbocycles. The molecule has 0 aromatic heterocycles. The number of rotatable bonds is 6. The highest BCUT2D eigenvalue weighted by atomic mass is 16.5. The molecule has 1 aromatic rings. The molecule has 1 aliphatic heterocycles. The van der Waals surface area contributed by atoms with Gasteiger partial charge in [0.1, 0.15) is 5.75 Å². The van der Waals surface area contributed by atoms with Crippen molar-refractivity contribution in [3.8, 4) is 5.75 Å². The molecule has 0 atom stereocenters. The molecule has 0 aliphatic carbocycles. The summed E-state index contributed by atoms with van der Waals surface area (Å²) in [5.74, 6) is 1.04. The van der Waals surface area contributed by atoms with Gasteiger partial charge in [-0.1, -0.05) is 13.0 Å². The van der Waals surface area contributed by atoms with Crippen LogP contribution in [0.5, 0.6) is 5.75 Å². The molecule has 0 spiro atoms. The molecule has 0 saturated carbocycles. The van der Waals surface area contributed by atoms with Gasteiger partial charge in [0.25, 0.3) is 0 Å². The van der Waals surface area contributed by atoms with Crippen LogP contribution in [0.4, 0.5) is 5.69 Å². The Morgan fingerprint density at radius 1 is 1.20 bits per heavy atom. The number of ether oxygens (including phenoxy) is 1. The van der Waals surface area contributed by atoms with E-state index in [0.717, 1.165) is 31.9 Å². The van der Waals surface area contributed by atoms with Crippen LogP contribution in [0.2, 0.25) is 0 Å². The van der Waals surface area contributed by atoms with Gasteiger partial charge in [-0.2, -0.15) is 0 Å². The Morgan fingerprint density at radius 2 is 1.95 bits per heavy atom. The number of nitrogens with zero attached hydrogens (tertiary/aromatic N) is 1. The SMILES string of the molecule is CCNCc1ccc(N2CCCCC2)c(OC(C)C)c1. The van der Waals surface area contributed by atoms with Crippen molar-refractivity contribution < 1.29 is 4.74 Å². The van der Waals surface area contributed by atoms with Crippen LogP contribution < -0.4 is 15.0 Å². The third-order valence-corrected chi connectivity index (χ3v) is 3.66. The van der Waals surface area contributed by atoms with E-state index in [2.05, 4.69) is 49.2 Å². The van der Waals surface area contributed by atoms with Crippen molar-refractivity contribution in [2.24, 2.45) is 0 Å². The Balaban J connectivity index is 2.19. The first-order chi connectivity index (χ1) is 9.70. The largest absolute Gasteiger partial charge is 0.489 e. The highest BCUT2D eigenvalue weighted by molar-refractivity contribution is 5.60. The van der Waals surface area contributed by atoms with E-state index < -0.39 is 0 Å². The van der Waals surface area contributed by atoms with Crippen LogP contribution >= 0.6 is 0 Å². The Bertz CT molecular complexity index is 411. The molecule has 3 heteroatoms. The molecule has 0 bridgehead atoms. The van der Waals surface area contributed by atoms with Crippen LogP contribution in [-0.4, -0.2) is 25.7 Å². The fourth-order valence-corrected chi connectivity index (χ4v) is 2.68. The summed E-state index contributed by atoms with van der Waals surface area (Å²) in [5, 5.41) is 3.37. The standard InChI is InChI=1S/C17H28N2O/c1-4-18-13-15-8-9-16(17(12-15)20-14(2)3)19-10-6-5-7-11-19/h8-9,12,14,18H,4-7,10-11,13H2,1-3H3. The van der Waals surface area contributed by atoms with Crippen LogP contribution in [0.25, 0.3) is 0 Å². The topological polar surface area (TPSA) is 24.5 Å². The molecule has 20 heavy (non-hydrogen) atoms. The second-order valence-corrected chi connectivity index (χ2v) is 5.80. The summed E-state index contributed by atoms with van der Waals surface area (Å²) < 4.78 is 6.05. The highest BCUT2D eigenvalue weighted by Crippen LogP contribution is 2.32. The molecule has 1 aliphatic rings. The normalized spacial score (nSPS) is 15.7. The lowest BCUT2D eigenvalue weighted by Gasteiger charge is -2.31. The molecule has 1 heterocycles. The summed E-state index contributed by atoms with van der Waals surface area (Å²) in [6.45, 7) is 10.5. The Labute approximate surface area is 123 Å². The van der Waals surface area contributed by atoms with Crippen molar-refractivity contribution in [3.05, 3.63) is 23.8 Å². The van der Waals surface area contributed by atoms with Crippen LogP contribution in [0.3, 0.4) is 0 Å². The lowest BCUT2D eigenvalue weighted by molar-refractivity contribution is 0.242. The van der Waals surface area contributed by atoms with Gasteiger partial charge in [0.2, 0.25) is 0 Å². The van der Waals surface area contributed by atoms with Crippen LogP contribution in [-0.2, 0) is 6.54 Å². The Morgan fingerprint density at radius 3 is 2.60 bits per heavy atom. The van der Waals surface area contributed by atoms with Gasteiger partial charge >= 0.3 is 0 Å². The van der Waals surface area contributed by atoms with Crippen molar-refractivity contribution in [3.63, 3.8) is 0 Å². The third kappa shape index (κ3) is 4.14. The molecule has 1 saturated heterocycles. The first-order valence-electron chi connectivity index (χ1n) is 7.96. The van der Waals surface area contributed by atoms with E-state index in [1.807, 2.05) is 0 Å². The lowest BCUT2D eigenvalue weighted by Crippen LogP contribution is -2.30. The van der Waals surface area contributed by atoms with Crippen molar-refractivity contribution in [2.75, 3.05) is 24.5 Å². The van der Waals surface area contributed by atoms with E-state index >= 15 is 0 Å². The van der Waals surface area contributed by atoms with Crippen molar-refractivity contribution in [2.45, 2.75) is 52.7 Å². The summed E-state index contributed by atoms with van der Waals surface area (Å²) in [6.07, 6.45) is 4.16. The fourth-order valence-electron chi connectivity index (χ4n) is 2.68. The van der Waals surface area contributed by atoms with E-state index in [1.165, 1.54) is 30.5 Å². The lowest BCUT2D eigenvalue weighted by atomic mass is 10.1. The minimum atomic E-state index is 0.216. The minimum absolute atomic E-state index is 0.216. The van der Waals surface area contributed by atoms with E-state index in [0.29, 0.717) is 0 Å². The first-order valence-corrected chi connectivity index (χ1v) is 7.96. The Kier molecular flexibility index (Phi) is 5.72. The van der Waals surface area contributed by atoms with E-state index in [-0.39, 0.29) is 6.10 Å². The van der Waals surface area contributed by atoms with Gasteiger partial charge in [-0.05, 0) is 57.4 Å². The number of hydrogen-bond acceptors (Lipinski definition) is 3. The average molecular weight is 276 g/mol. The van der Waals surface area contributed by atoms with Crippen LogP contribution in [0.1, 0.15) is 45.6 Å². The molecule has 0 unspecified atom stereocenters. The minimum Gasteiger partial charge on any atom is -0.489 e. The second-order valence-electron chi connectivity index (χ2n) is 5.80. The van der Waals surface area contributed by atoms with Gasteiger partial charge < -0.3 is 15.0 Å². The predicted octanol–water partition coefficient (Wildman–Crippen LogP) is 3.57. The smallest absolute Gasteiger partial charge is 0.143 e. The summed E-state index contributed by atoms with van der Waals surface area (Å²) >= 11 is 0. The van der Waals surface area contributed by atoms with Gasteiger partial charge in [-0.15, -0.1) is 0 Å². The van der Waals surface area contributed by atoms with Crippen molar-refractivity contribution >= 4 is 5.69 Å². The van der Waals surface area contributed by atoms with E-state index in [9.17, 15) is 0 Å². The number of benzene rings is 1. The summed E-state index contributed by atoms with van der Waals surface area (Å²) in [5.41, 5.74) is 2.56. The second kappa shape index (κ2) is 7.53. The maximum Gasteiger partial charge on any atom is 0.143 e. The van der Waals surface area contributed by atoms with Gasteiger partial charge in [0, 0.05) is 19.6 Å². The molecular weight excluding hydrogens is 248 g/mol. The van der Waals surface area contributed by atoms with Gasteiger partial charge in [0.05, 0.1) is 11.8 Å². The summed E-state index contributed by atoms with van der Waals surface area (Å²) in [7, 11) is 0. The maximum absolute atomic E-state index is 6.05. The fraction of sp³-hybridized carbons (Fsp3) is 0.647. The number of piperidine rings is 1. The van der Waals surface area contributed by atoms with Crippen LogP contribution in [0.15, 0.2) is 18.2 Å². The van der Waals surface area contributed by atoms with Crippen molar-refractivity contribution in [1.82, 2.24) is 5.32 Å². The third-order valence-electron chi connectivity index (χ3n) is 3.66. The monoisotopic (exact) mass is 276 g/mol. The van der Waals surface area contributed by atoms with E-state index in [4.69, 9.17) is 4.74 Å². The predicted molar refractivity (Wildman–Crippen MR) is 85.7 cm³/mol. The zero-order valence-corrected chi connectivity index (χ0v) is 13.1. The molecule has 2 rings (SSSR count). The zero-order chi connectivity index (χ0) is 14.4. The Hall–Kier alpha value is -1.22. The number of hydrogen-bond donors (Lipinski definition) is 1. The zero-order valence-electron chi connectivity index (χ0n) is 13.1. The first kappa shape index (κ1) is 15.2. The molecule has 1 N–H and O–H groups in total. The van der Waals surface area contributed by atoms with Gasteiger partial charge in [-0.3, -0.25) is 0 Å². The number of anilines is 1. The van der Waals surface area contributed by atoms with Crippen LogP contribution in [0, 0.1) is 0 Å². The quantitative estimate of drug-likeness (QED) is 0.859. The summed E-state index contributed by atoms with van der Waals surface area (Å²) in [6, 6.07) is 6.65. The maximum atomic E-state index is 6.05. The summed E-state index contributed by atoms with van der Waals surface area (Å²) in [4.78, 5) is 2.47. The van der Waals surface area contributed by atoms with Crippen molar-refractivity contribution in [1.29, 1.82) is 0 Å². The van der Waals surface area contributed by atoms with Gasteiger partial charge in [0.15, 0.2) is 0 Å². The average Bonchev–Trinajstić information content (AvgIpc) is 2.45. The van der Waals surface area contributed by atoms with Gasteiger partial charge in [-0.25, -0.2) is 0 Å². The molecule has 0 amide bonds. The molecule has 0 radical (unpaired) electrons. The van der Waals surface area contributed by atoms with E-state index in [1.54, 1.807) is 0 Å². The molecule has 1 fully saturated rings. The molecular formula is C17H28N2O. The highest BCUT2D eigenvalue weighted by Gasteiger charge is 2.16. The molecule has 3 nitrogen and oxygen atoms in total. The number of nitrogens with one attached hydrogen (secondary N) is 1.